The number of hydrogen-bond acceptors (Lipinski definition) is 3. The van der Waals surface area contributed by atoms with E-state index in [0.717, 1.165) is 30.0 Å². The van der Waals surface area contributed by atoms with Gasteiger partial charge < -0.3 is 5.32 Å². The van der Waals surface area contributed by atoms with Crippen LogP contribution in [0.1, 0.15) is 63.6 Å². The smallest absolute Gasteiger partial charge is 0.261 e. The van der Waals surface area contributed by atoms with Crippen LogP contribution in [0.25, 0.3) is 10.8 Å². The van der Waals surface area contributed by atoms with E-state index in [1.54, 1.807) is 12.1 Å². The van der Waals surface area contributed by atoms with Gasteiger partial charge in [-0.2, -0.15) is 0 Å². The molecule has 0 spiro atoms. The first-order valence-corrected chi connectivity index (χ1v) is 10.9. The van der Waals surface area contributed by atoms with Crippen LogP contribution in [0.2, 0.25) is 0 Å². The number of carbonyl (C=O) groups excluding carboxylic acids is 3. The second kappa shape index (κ2) is 7.99. The number of nitrogens with zero attached hydrogens (tertiary/aromatic N) is 1. The van der Waals surface area contributed by atoms with Crippen LogP contribution in [0.5, 0.6) is 0 Å². The monoisotopic (exact) mass is 412 g/mol. The van der Waals surface area contributed by atoms with Crippen LogP contribution in [0.4, 0.5) is 0 Å². The van der Waals surface area contributed by atoms with Gasteiger partial charge in [0, 0.05) is 29.5 Å². The standard InChI is InChI=1S/C26H24N2O3/c29-23(27-22-14-5-8-17-7-1-2-11-19(17)22)15-6-16-28-25(30)20-12-3-9-18-10-4-13-21(24(18)20)26(28)31/h1-4,7,9-13,22H,5-6,8,14-16H2,(H,27,29). The molecule has 5 rings (SSSR count). The predicted molar refractivity (Wildman–Crippen MR) is 119 cm³/mol. The molecule has 3 amide bonds. The minimum absolute atomic E-state index is 0.0406. The molecule has 5 heteroatoms. The molecule has 156 valence electrons. The van der Waals surface area contributed by atoms with Crippen LogP contribution in [0.3, 0.4) is 0 Å². The molecule has 0 fully saturated rings. The lowest BCUT2D eigenvalue weighted by molar-refractivity contribution is -0.122. The first-order valence-electron chi connectivity index (χ1n) is 10.9. The molecule has 0 saturated heterocycles. The molecule has 1 heterocycles. The van der Waals surface area contributed by atoms with Gasteiger partial charge in [-0.1, -0.05) is 48.5 Å². The second-order valence-electron chi connectivity index (χ2n) is 8.29. The van der Waals surface area contributed by atoms with E-state index < -0.39 is 0 Å². The highest BCUT2D eigenvalue weighted by molar-refractivity contribution is 6.25. The highest BCUT2D eigenvalue weighted by atomic mass is 16.2. The van der Waals surface area contributed by atoms with Crippen molar-refractivity contribution in [2.75, 3.05) is 6.54 Å². The molecule has 3 aromatic rings. The third-order valence-corrected chi connectivity index (χ3v) is 6.35. The summed E-state index contributed by atoms with van der Waals surface area (Å²) in [5.41, 5.74) is 3.61. The Bertz CT molecular complexity index is 1150. The van der Waals surface area contributed by atoms with E-state index in [0.29, 0.717) is 17.5 Å². The van der Waals surface area contributed by atoms with Crippen molar-refractivity contribution in [1.29, 1.82) is 0 Å². The number of nitrogens with one attached hydrogen (secondary N) is 1. The van der Waals surface area contributed by atoms with Crippen molar-refractivity contribution in [3.05, 3.63) is 82.9 Å². The summed E-state index contributed by atoms with van der Waals surface area (Å²) < 4.78 is 0. The average Bonchev–Trinajstić information content (AvgIpc) is 2.80. The number of benzene rings is 3. The molecule has 1 atom stereocenters. The minimum Gasteiger partial charge on any atom is -0.349 e. The van der Waals surface area contributed by atoms with Crippen LogP contribution in [0.15, 0.2) is 60.7 Å². The molecule has 1 aliphatic heterocycles. The Labute approximate surface area is 181 Å². The van der Waals surface area contributed by atoms with Gasteiger partial charge >= 0.3 is 0 Å². The predicted octanol–water partition coefficient (Wildman–Crippen LogP) is 4.41. The van der Waals surface area contributed by atoms with Crippen LogP contribution < -0.4 is 5.32 Å². The topological polar surface area (TPSA) is 66.5 Å². The Kier molecular flexibility index (Phi) is 5.02. The number of hydrogen-bond donors (Lipinski definition) is 1. The van der Waals surface area contributed by atoms with E-state index in [1.165, 1.54) is 16.0 Å². The fourth-order valence-corrected chi connectivity index (χ4v) is 4.85. The van der Waals surface area contributed by atoms with E-state index in [-0.39, 0.29) is 36.7 Å². The Hall–Kier alpha value is -3.47. The Morgan fingerprint density at radius 2 is 1.65 bits per heavy atom. The summed E-state index contributed by atoms with van der Waals surface area (Å²) in [5.74, 6) is -0.604. The Balaban J connectivity index is 1.24. The van der Waals surface area contributed by atoms with Crippen molar-refractivity contribution in [3.8, 4) is 0 Å². The van der Waals surface area contributed by atoms with E-state index in [9.17, 15) is 14.4 Å². The van der Waals surface area contributed by atoms with Crippen molar-refractivity contribution in [1.82, 2.24) is 10.2 Å². The van der Waals surface area contributed by atoms with Crippen molar-refractivity contribution in [2.45, 2.75) is 38.1 Å². The molecule has 1 aliphatic carbocycles. The van der Waals surface area contributed by atoms with Crippen LogP contribution in [0, 0.1) is 0 Å². The average molecular weight is 412 g/mol. The molecule has 0 radical (unpaired) electrons. The molecule has 2 aliphatic rings. The maximum atomic E-state index is 12.9. The van der Waals surface area contributed by atoms with Crippen molar-refractivity contribution < 1.29 is 14.4 Å². The second-order valence-corrected chi connectivity index (χ2v) is 8.29. The SMILES string of the molecule is O=C(CCCN1C(=O)c2cccc3cccc(c23)C1=O)NC1CCCc2ccccc21. The highest BCUT2D eigenvalue weighted by Gasteiger charge is 2.32. The van der Waals surface area contributed by atoms with E-state index in [4.69, 9.17) is 0 Å². The summed E-state index contributed by atoms with van der Waals surface area (Å²) in [7, 11) is 0. The van der Waals surface area contributed by atoms with Gasteiger partial charge in [0.05, 0.1) is 6.04 Å². The van der Waals surface area contributed by atoms with Gasteiger partial charge in [-0.15, -0.1) is 0 Å². The summed E-state index contributed by atoms with van der Waals surface area (Å²) in [6, 6.07) is 19.3. The van der Waals surface area contributed by atoms with Crippen LogP contribution >= 0.6 is 0 Å². The van der Waals surface area contributed by atoms with Crippen molar-refractivity contribution in [2.24, 2.45) is 0 Å². The van der Waals surface area contributed by atoms with Gasteiger partial charge in [-0.25, -0.2) is 0 Å². The van der Waals surface area contributed by atoms with Crippen LogP contribution in [-0.2, 0) is 11.2 Å². The van der Waals surface area contributed by atoms with Gasteiger partial charge in [0.25, 0.3) is 11.8 Å². The first kappa shape index (κ1) is 19.5. The largest absolute Gasteiger partial charge is 0.349 e. The summed E-state index contributed by atoms with van der Waals surface area (Å²) in [6.07, 6.45) is 3.77. The molecule has 31 heavy (non-hydrogen) atoms. The lowest BCUT2D eigenvalue weighted by Gasteiger charge is -2.28. The zero-order valence-electron chi connectivity index (χ0n) is 17.3. The molecule has 0 aromatic heterocycles. The molecule has 1 unspecified atom stereocenters. The van der Waals surface area contributed by atoms with Gasteiger partial charge in [-0.05, 0) is 54.3 Å². The fourth-order valence-electron chi connectivity index (χ4n) is 4.85. The minimum atomic E-state index is -0.282. The van der Waals surface area contributed by atoms with Crippen molar-refractivity contribution >= 4 is 28.5 Å². The number of imide groups is 1. The fraction of sp³-hybridized carbons (Fsp3) is 0.269. The van der Waals surface area contributed by atoms with Gasteiger partial charge in [0.2, 0.25) is 5.91 Å². The van der Waals surface area contributed by atoms with E-state index in [1.807, 2.05) is 36.4 Å². The number of rotatable bonds is 5. The third-order valence-electron chi connectivity index (χ3n) is 6.35. The quantitative estimate of drug-likeness (QED) is 0.631. The molecular formula is C26H24N2O3. The maximum absolute atomic E-state index is 12.9. The van der Waals surface area contributed by atoms with Crippen LogP contribution in [-0.4, -0.2) is 29.2 Å². The number of fused-ring (bicyclic) bond motifs is 1. The summed E-state index contributed by atoms with van der Waals surface area (Å²) >= 11 is 0. The molecule has 5 nitrogen and oxygen atoms in total. The summed E-state index contributed by atoms with van der Waals surface area (Å²) in [4.78, 5) is 39.8. The highest BCUT2D eigenvalue weighted by Crippen LogP contribution is 2.31. The number of amides is 3. The Morgan fingerprint density at radius 1 is 0.935 bits per heavy atom. The third kappa shape index (κ3) is 3.50. The van der Waals surface area contributed by atoms with Crippen molar-refractivity contribution in [3.63, 3.8) is 0 Å². The molecular weight excluding hydrogens is 388 g/mol. The lowest BCUT2D eigenvalue weighted by Crippen LogP contribution is -2.41. The zero-order chi connectivity index (χ0) is 21.4. The first-order chi connectivity index (χ1) is 15.1. The maximum Gasteiger partial charge on any atom is 0.261 e. The number of carbonyl (C=O) groups is 3. The Morgan fingerprint density at radius 3 is 2.39 bits per heavy atom. The normalized spacial score (nSPS) is 17.5. The lowest BCUT2D eigenvalue weighted by atomic mass is 9.87. The van der Waals surface area contributed by atoms with E-state index in [2.05, 4.69) is 17.4 Å². The molecule has 0 bridgehead atoms. The van der Waals surface area contributed by atoms with E-state index >= 15 is 0 Å². The van der Waals surface area contributed by atoms with Gasteiger partial charge in [0.15, 0.2) is 0 Å². The van der Waals surface area contributed by atoms with Gasteiger partial charge in [0.1, 0.15) is 0 Å². The molecule has 0 saturated carbocycles. The summed E-state index contributed by atoms with van der Waals surface area (Å²) in [5, 5.41) is 4.76. The molecule has 1 N–H and O–H groups in total. The summed E-state index contributed by atoms with van der Waals surface area (Å²) in [6.45, 7) is 0.233. The van der Waals surface area contributed by atoms with Gasteiger partial charge in [-0.3, -0.25) is 19.3 Å². The number of aryl methyl sites for hydroxylation is 1. The zero-order valence-corrected chi connectivity index (χ0v) is 17.3. The molecule has 3 aromatic carbocycles.